The zero-order valence-corrected chi connectivity index (χ0v) is 17.8. The maximum Gasteiger partial charge on any atom is 0.256 e. The lowest BCUT2D eigenvalue weighted by Gasteiger charge is -2.33. The Bertz CT molecular complexity index is 977. The highest BCUT2D eigenvalue weighted by Gasteiger charge is 2.35. The van der Waals surface area contributed by atoms with Crippen LogP contribution < -0.4 is 5.56 Å². The van der Waals surface area contributed by atoms with Gasteiger partial charge in [0.25, 0.3) is 5.56 Å². The van der Waals surface area contributed by atoms with Crippen molar-refractivity contribution in [2.45, 2.75) is 58.0 Å². The van der Waals surface area contributed by atoms with Crippen molar-refractivity contribution in [2.24, 2.45) is 5.92 Å². The van der Waals surface area contributed by atoms with Gasteiger partial charge in [0.2, 0.25) is 5.91 Å². The molecule has 0 spiro atoms. The maximum absolute atomic E-state index is 12.8. The van der Waals surface area contributed by atoms with E-state index in [-0.39, 0.29) is 23.3 Å². The van der Waals surface area contributed by atoms with Gasteiger partial charge < -0.3 is 9.88 Å². The minimum absolute atomic E-state index is 0.0514. The molecule has 5 rings (SSSR count). The number of aromatic amines is 1. The molecule has 0 bridgehead atoms. The molecule has 4 heterocycles. The smallest absolute Gasteiger partial charge is 0.256 e. The van der Waals surface area contributed by atoms with E-state index in [1.807, 2.05) is 16.2 Å². The first-order chi connectivity index (χ1) is 14.1. The van der Waals surface area contributed by atoms with E-state index in [2.05, 4.69) is 28.3 Å². The van der Waals surface area contributed by atoms with E-state index < -0.39 is 0 Å². The van der Waals surface area contributed by atoms with E-state index in [1.165, 1.54) is 10.4 Å². The number of fused-ring (bicyclic) bond motifs is 1. The van der Waals surface area contributed by atoms with Crippen LogP contribution >= 0.6 is 11.3 Å². The second-order valence-corrected chi connectivity index (χ2v) is 9.76. The van der Waals surface area contributed by atoms with Crippen molar-refractivity contribution in [3.63, 3.8) is 0 Å². The van der Waals surface area contributed by atoms with Crippen LogP contribution in [0.25, 0.3) is 0 Å². The van der Waals surface area contributed by atoms with Gasteiger partial charge >= 0.3 is 0 Å². The van der Waals surface area contributed by atoms with E-state index in [9.17, 15) is 9.59 Å². The SMILES string of the molecule is Cc1ccsc1CN1CCC[C@H](c2nc3c(c(=O)[nH]2)CN(C(=O)C2CC2)CC3)C1. The van der Waals surface area contributed by atoms with Gasteiger partial charge in [0.15, 0.2) is 0 Å². The maximum atomic E-state index is 12.8. The summed E-state index contributed by atoms with van der Waals surface area (Å²) in [7, 11) is 0. The highest BCUT2D eigenvalue weighted by atomic mass is 32.1. The van der Waals surface area contributed by atoms with Crippen LogP contribution in [0.4, 0.5) is 0 Å². The van der Waals surface area contributed by atoms with E-state index in [1.54, 1.807) is 0 Å². The summed E-state index contributed by atoms with van der Waals surface area (Å²) in [5, 5.41) is 2.16. The quantitative estimate of drug-likeness (QED) is 0.838. The third-order valence-electron chi connectivity index (χ3n) is 6.55. The molecule has 0 unspecified atom stereocenters. The Morgan fingerprint density at radius 1 is 1.31 bits per heavy atom. The zero-order chi connectivity index (χ0) is 20.0. The van der Waals surface area contributed by atoms with Gasteiger partial charge in [0, 0.05) is 42.8 Å². The summed E-state index contributed by atoms with van der Waals surface area (Å²) in [5.74, 6) is 1.52. The monoisotopic (exact) mass is 412 g/mol. The molecule has 29 heavy (non-hydrogen) atoms. The number of carbonyl (C=O) groups is 1. The van der Waals surface area contributed by atoms with Crippen molar-refractivity contribution in [3.05, 3.63) is 49.3 Å². The van der Waals surface area contributed by atoms with Gasteiger partial charge in [-0.1, -0.05) is 0 Å². The third-order valence-corrected chi connectivity index (χ3v) is 7.56. The molecule has 1 saturated carbocycles. The van der Waals surface area contributed by atoms with Gasteiger partial charge in [-0.2, -0.15) is 0 Å². The van der Waals surface area contributed by atoms with Gasteiger partial charge in [-0.25, -0.2) is 4.98 Å². The number of carbonyl (C=O) groups excluding carboxylic acids is 1. The minimum atomic E-state index is -0.0514. The Morgan fingerprint density at radius 2 is 2.17 bits per heavy atom. The highest BCUT2D eigenvalue weighted by molar-refractivity contribution is 7.10. The molecule has 1 atom stereocenters. The van der Waals surface area contributed by atoms with Gasteiger partial charge in [-0.05, 0) is 56.2 Å². The summed E-state index contributed by atoms with van der Waals surface area (Å²) in [6.07, 6.45) is 4.88. The lowest BCUT2D eigenvalue weighted by molar-refractivity contribution is -0.133. The number of aromatic nitrogens is 2. The van der Waals surface area contributed by atoms with Crippen molar-refractivity contribution in [1.29, 1.82) is 0 Å². The van der Waals surface area contributed by atoms with E-state index >= 15 is 0 Å². The van der Waals surface area contributed by atoms with E-state index in [0.29, 0.717) is 25.1 Å². The largest absolute Gasteiger partial charge is 0.337 e. The normalized spacial score (nSPS) is 22.5. The summed E-state index contributed by atoms with van der Waals surface area (Å²) in [6.45, 7) is 6.29. The number of hydrogen-bond donors (Lipinski definition) is 1. The molecular weight excluding hydrogens is 384 g/mol. The number of nitrogens with one attached hydrogen (secondary N) is 1. The van der Waals surface area contributed by atoms with Crippen molar-refractivity contribution in [2.75, 3.05) is 19.6 Å². The van der Waals surface area contributed by atoms with E-state index in [0.717, 1.165) is 56.8 Å². The number of amides is 1. The molecule has 1 saturated heterocycles. The number of thiophene rings is 1. The molecule has 0 aromatic carbocycles. The fourth-order valence-corrected chi connectivity index (χ4v) is 5.55. The van der Waals surface area contributed by atoms with Crippen molar-refractivity contribution < 1.29 is 4.79 Å². The molecule has 0 radical (unpaired) electrons. The predicted octanol–water partition coefficient (Wildman–Crippen LogP) is 2.81. The number of piperidine rings is 1. The molecule has 2 fully saturated rings. The van der Waals surface area contributed by atoms with Crippen molar-refractivity contribution in [1.82, 2.24) is 19.8 Å². The molecule has 2 aliphatic heterocycles. The molecule has 2 aromatic rings. The summed E-state index contributed by atoms with van der Waals surface area (Å²) < 4.78 is 0. The molecule has 2 aromatic heterocycles. The topological polar surface area (TPSA) is 69.3 Å². The average Bonchev–Trinajstić information content (AvgIpc) is 3.51. The van der Waals surface area contributed by atoms with Crippen LogP contribution in [0.2, 0.25) is 0 Å². The fraction of sp³-hybridized carbons (Fsp3) is 0.591. The molecule has 154 valence electrons. The first-order valence-corrected chi connectivity index (χ1v) is 11.6. The number of H-pyrrole nitrogens is 1. The number of aryl methyl sites for hydroxylation is 1. The number of nitrogens with zero attached hydrogens (tertiary/aromatic N) is 3. The summed E-state index contributed by atoms with van der Waals surface area (Å²) in [4.78, 5) is 38.9. The van der Waals surface area contributed by atoms with Crippen LogP contribution in [-0.4, -0.2) is 45.3 Å². The average molecular weight is 413 g/mol. The second kappa shape index (κ2) is 7.69. The number of hydrogen-bond acceptors (Lipinski definition) is 5. The molecule has 7 heteroatoms. The van der Waals surface area contributed by atoms with Crippen LogP contribution in [0.5, 0.6) is 0 Å². The highest BCUT2D eigenvalue weighted by Crippen LogP contribution is 2.33. The van der Waals surface area contributed by atoms with Crippen molar-refractivity contribution in [3.8, 4) is 0 Å². The zero-order valence-electron chi connectivity index (χ0n) is 16.9. The Morgan fingerprint density at radius 3 is 2.93 bits per heavy atom. The van der Waals surface area contributed by atoms with Crippen LogP contribution in [0, 0.1) is 12.8 Å². The Hall–Kier alpha value is -1.99. The Kier molecular flexibility index (Phi) is 5.04. The van der Waals surface area contributed by atoms with E-state index in [4.69, 9.17) is 4.98 Å². The van der Waals surface area contributed by atoms with Crippen LogP contribution in [0.15, 0.2) is 16.2 Å². The minimum Gasteiger partial charge on any atom is -0.337 e. The third kappa shape index (κ3) is 3.90. The second-order valence-electron chi connectivity index (χ2n) is 8.76. The Labute approximate surface area is 175 Å². The van der Waals surface area contributed by atoms with Gasteiger partial charge in [-0.3, -0.25) is 14.5 Å². The summed E-state index contributed by atoms with van der Waals surface area (Å²) in [6, 6.07) is 2.18. The first-order valence-electron chi connectivity index (χ1n) is 10.7. The molecular formula is C22H28N4O2S. The Balaban J connectivity index is 1.31. The number of likely N-dealkylation sites (tertiary alicyclic amines) is 1. The number of rotatable bonds is 4. The summed E-state index contributed by atoms with van der Waals surface area (Å²) in [5.41, 5.74) is 2.90. The first kappa shape index (κ1) is 19.0. The molecule has 1 amide bonds. The predicted molar refractivity (Wildman–Crippen MR) is 113 cm³/mol. The molecule has 3 aliphatic rings. The standard InChI is InChI=1S/C22H28N4O2S/c1-14-7-10-29-19(14)13-25-8-2-3-16(11-25)20-23-18-6-9-26(22(28)15-4-5-15)12-17(18)21(27)24-20/h7,10,15-16H,2-6,8-9,11-13H2,1H3,(H,23,24,27)/t16-/m0/s1. The van der Waals surface area contributed by atoms with Gasteiger partial charge in [0.05, 0.1) is 17.8 Å². The fourth-order valence-electron chi connectivity index (χ4n) is 4.61. The van der Waals surface area contributed by atoms with Gasteiger partial charge in [-0.15, -0.1) is 11.3 Å². The molecule has 1 N–H and O–H groups in total. The van der Waals surface area contributed by atoms with Gasteiger partial charge in [0.1, 0.15) is 5.82 Å². The lowest BCUT2D eigenvalue weighted by Crippen LogP contribution is -2.41. The van der Waals surface area contributed by atoms with Crippen molar-refractivity contribution >= 4 is 17.2 Å². The van der Waals surface area contributed by atoms with Crippen LogP contribution in [-0.2, 0) is 24.3 Å². The van der Waals surface area contributed by atoms with Crippen LogP contribution in [0.3, 0.4) is 0 Å². The summed E-state index contributed by atoms with van der Waals surface area (Å²) >= 11 is 1.82. The molecule has 6 nitrogen and oxygen atoms in total. The van der Waals surface area contributed by atoms with Crippen LogP contribution in [0.1, 0.15) is 59.1 Å². The lowest BCUT2D eigenvalue weighted by atomic mass is 9.96. The molecule has 1 aliphatic carbocycles.